The smallest absolute Gasteiger partial charge is 0.379 e. The number of hydrogen-bond donors (Lipinski definition) is 4. The Morgan fingerprint density at radius 3 is 2.73 bits per heavy atom. The number of aromatic nitrogens is 4. The maximum Gasteiger partial charge on any atom is 0.419 e. The lowest BCUT2D eigenvalue weighted by Gasteiger charge is -2.26. The number of fused-ring (bicyclic) bond motifs is 1. The van der Waals surface area contributed by atoms with Crippen molar-refractivity contribution in [1.82, 2.24) is 30.4 Å². The average molecular weight is 579 g/mol. The summed E-state index contributed by atoms with van der Waals surface area (Å²) in [5.41, 5.74) is -1.04. The summed E-state index contributed by atoms with van der Waals surface area (Å²) in [7, 11) is 0. The van der Waals surface area contributed by atoms with Gasteiger partial charge in [0, 0.05) is 32.4 Å². The zero-order valence-electron chi connectivity index (χ0n) is 20.6. The Kier molecular flexibility index (Phi) is 7.90. The van der Waals surface area contributed by atoms with Crippen LogP contribution in [0.3, 0.4) is 0 Å². The first-order valence-electron chi connectivity index (χ1n) is 12.0. The van der Waals surface area contributed by atoms with E-state index in [-0.39, 0.29) is 11.0 Å². The first kappa shape index (κ1) is 27.4. The molecule has 0 bridgehead atoms. The molecule has 4 N–H and O–H groups in total. The van der Waals surface area contributed by atoms with E-state index in [4.69, 9.17) is 4.74 Å². The molecule has 16 heteroatoms. The second-order valence-electron chi connectivity index (χ2n) is 8.67. The summed E-state index contributed by atoms with van der Waals surface area (Å²) in [6, 6.07) is 3.16. The molecular formula is C24H22F4N8O3S. The Morgan fingerprint density at radius 2 is 1.95 bits per heavy atom. The first-order valence-corrected chi connectivity index (χ1v) is 12.8. The number of halogens is 4. The van der Waals surface area contributed by atoms with Crippen LogP contribution in [-0.2, 0) is 10.9 Å². The van der Waals surface area contributed by atoms with Crippen molar-refractivity contribution in [2.45, 2.75) is 6.18 Å². The van der Waals surface area contributed by atoms with E-state index in [1.807, 2.05) is 0 Å². The molecule has 1 aromatic carbocycles. The molecule has 1 aliphatic heterocycles. The van der Waals surface area contributed by atoms with Crippen LogP contribution in [0.5, 0.6) is 0 Å². The number of carbonyl (C=O) groups excluding carboxylic acids is 2. The van der Waals surface area contributed by atoms with Gasteiger partial charge in [0.15, 0.2) is 16.6 Å². The number of alkyl halides is 3. The highest BCUT2D eigenvalue weighted by atomic mass is 32.1. The van der Waals surface area contributed by atoms with Crippen molar-refractivity contribution in [3.63, 3.8) is 0 Å². The number of anilines is 2. The Hall–Kier alpha value is -4.15. The number of hydrogen-bond acceptors (Lipinski definition) is 8. The molecule has 4 aromatic rings. The van der Waals surface area contributed by atoms with Gasteiger partial charge in [-0.05, 0) is 18.2 Å². The second-order valence-corrected chi connectivity index (χ2v) is 9.70. The lowest BCUT2D eigenvalue weighted by Crippen LogP contribution is -2.41. The van der Waals surface area contributed by atoms with Crippen molar-refractivity contribution in [2.24, 2.45) is 0 Å². The standard InChI is InChI=1S/C24H22F4N8O3S/c25-19-15(24(26,27)28)2-1-3-16(19)33-22(38)34-23-30-12-18(40-23)17-10-13(14-11-31-35-20(14)32-17)21(37)29-4-5-36-6-8-39-9-7-36/h1-3,10-12H,4-9H2,(H,29,37)(H,31,32,35)(H2,30,33,34,38). The molecule has 0 radical (unpaired) electrons. The van der Waals surface area contributed by atoms with Crippen LogP contribution in [-0.4, -0.2) is 76.4 Å². The van der Waals surface area contributed by atoms with Gasteiger partial charge in [-0.3, -0.25) is 20.1 Å². The first-order chi connectivity index (χ1) is 19.2. The van der Waals surface area contributed by atoms with Crippen LogP contribution in [0.1, 0.15) is 15.9 Å². The predicted octanol–water partition coefficient (Wildman–Crippen LogP) is 3.95. The monoisotopic (exact) mass is 578 g/mol. The van der Waals surface area contributed by atoms with Gasteiger partial charge in [-0.1, -0.05) is 17.4 Å². The minimum absolute atomic E-state index is 0.0721. The maximum absolute atomic E-state index is 14.2. The predicted molar refractivity (Wildman–Crippen MR) is 139 cm³/mol. The molecule has 11 nitrogen and oxygen atoms in total. The van der Waals surface area contributed by atoms with Crippen LogP contribution in [0.2, 0.25) is 0 Å². The molecule has 0 aliphatic carbocycles. The van der Waals surface area contributed by atoms with Crippen LogP contribution in [0.15, 0.2) is 36.7 Å². The Labute approximate surface area is 227 Å². The number of ether oxygens (including phenoxy) is 1. The number of H-pyrrole nitrogens is 1. The third-order valence-electron chi connectivity index (χ3n) is 6.02. The van der Waals surface area contributed by atoms with Gasteiger partial charge in [0.05, 0.1) is 52.2 Å². The van der Waals surface area contributed by atoms with Gasteiger partial charge < -0.3 is 15.4 Å². The molecule has 0 spiro atoms. The molecule has 40 heavy (non-hydrogen) atoms. The summed E-state index contributed by atoms with van der Waals surface area (Å²) in [5, 5.41) is 14.7. The molecule has 3 amide bonds. The summed E-state index contributed by atoms with van der Waals surface area (Å²) in [5.74, 6) is -1.91. The zero-order chi connectivity index (χ0) is 28.3. The van der Waals surface area contributed by atoms with Crippen molar-refractivity contribution >= 4 is 45.1 Å². The fourth-order valence-electron chi connectivity index (χ4n) is 4.04. The lowest BCUT2D eigenvalue weighted by atomic mass is 10.1. The zero-order valence-corrected chi connectivity index (χ0v) is 21.5. The molecule has 0 saturated carbocycles. The Bertz CT molecular complexity index is 1530. The van der Waals surface area contributed by atoms with E-state index in [1.54, 1.807) is 6.07 Å². The van der Waals surface area contributed by atoms with Gasteiger partial charge in [-0.25, -0.2) is 19.2 Å². The summed E-state index contributed by atoms with van der Waals surface area (Å²) < 4.78 is 58.4. The number of thiazole rings is 1. The van der Waals surface area contributed by atoms with Gasteiger partial charge in [0.1, 0.15) is 0 Å². The van der Waals surface area contributed by atoms with Crippen molar-refractivity contribution < 1.29 is 31.9 Å². The molecule has 1 fully saturated rings. The summed E-state index contributed by atoms with van der Waals surface area (Å²) >= 11 is 1.00. The number of rotatable bonds is 7. The minimum atomic E-state index is -4.91. The molecule has 1 saturated heterocycles. The number of nitrogens with one attached hydrogen (secondary N) is 4. The fraction of sp³-hybridized carbons (Fsp3) is 0.292. The van der Waals surface area contributed by atoms with Gasteiger partial charge in [0.25, 0.3) is 5.91 Å². The maximum atomic E-state index is 14.2. The molecule has 0 unspecified atom stereocenters. The normalized spacial score (nSPS) is 14.3. The van der Waals surface area contributed by atoms with Crippen LogP contribution < -0.4 is 16.0 Å². The number of urea groups is 1. The molecular weight excluding hydrogens is 556 g/mol. The third kappa shape index (κ3) is 6.19. The number of aromatic amines is 1. The van der Waals surface area contributed by atoms with E-state index in [1.165, 1.54) is 12.4 Å². The van der Waals surface area contributed by atoms with Crippen LogP contribution >= 0.6 is 11.3 Å². The molecule has 4 heterocycles. The highest BCUT2D eigenvalue weighted by Gasteiger charge is 2.35. The van der Waals surface area contributed by atoms with E-state index in [2.05, 4.69) is 41.0 Å². The molecule has 210 valence electrons. The quantitative estimate of drug-likeness (QED) is 0.244. The second kappa shape index (κ2) is 11.5. The largest absolute Gasteiger partial charge is 0.419 e. The number of carbonyl (C=O) groups is 2. The topological polar surface area (TPSA) is 137 Å². The summed E-state index contributed by atoms with van der Waals surface area (Å²) in [6.45, 7) is 4.04. The van der Waals surface area contributed by atoms with E-state index in [0.717, 1.165) is 36.6 Å². The number of morpholine rings is 1. The van der Waals surface area contributed by atoms with E-state index in [9.17, 15) is 27.2 Å². The van der Waals surface area contributed by atoms with Crippen molar-refractivity contribution in [2.75, 3.05) is 50.0 Å². The Balaban J connectivity index is 1.27. The minimum Gasteiger partial charge on any atom is -0.379 e. The highest BCUT2D eigenvalue weighted by molar-refractivity contribution is 7.19. The summed E-state index contributed by atoms with van der Waals surface area (Å²) in [4.78, 5) is 36.6. The number of amides is 3. The molecule has 5 rings (SSSR count). The van der Waals surface area contributed by atoms with Crippen LogP contribution in [0.25, 0.3) is 21.6 Å². The Morgan fingerprint density at radius 1 is 1.15 bits per heavy atom. The third-order valence-corrected chi connectivity index (χ3v) is 6.95. The van der Waals surface area contributed by atoms with Crippen molar-refractivity contribution in [1.29, 1.82) is 0 Å². The van der Waals surface area contributed by atoms with E-state index < -0.39 is 29.3 Å². The molecule has 1 aliphatic rings. The fourth-order valence-corrected chi connectivity index (χ4v) is 4.81. The molecule has 3 aromatic heterocycles. The summed E-state index contributed by atoms with van der Waals surface area (Å²) in [6.07, 6.45) is -2.00. The van der Waals surface area contributed by atoms with Crippen LogP contribution in [0, 0.1) is 5.82 Å². The number of nitrogens with zero attached hydrogens (tertiary/aromatic N) is 4. The average Bonchev–Trinajstić information content (AvgIpc) is 3.59. The van der Waals surface area contributed by atoms with Crippen molar-refractivity contribution in [3.8, 4) is 10.6 Å². The SMILES string of the molecule is O=C(Nc1ncc(-c2cc(C(=O)NCCN3CCOCC3)c3cn[nH]c3n2)s1)Nc1cccc(C(F)(F)F)c1F. The number of benzene rings is 1. The van der Waals surface area contributed by atoms with E-state index in [0.29, 0.717) is 59.5 Å². The lowest BCUT2D eigenvalue weighted by molar-refractivity contribution is -0.139. The van der Waals surface area contributed by atoms with Gasteiger partial charge in [-0.2, -0.15) is 18.3 Å². The van der Waals surface area contributed by atoms with Gasteiger partial charge in [-0.15, -0.1) is 0 Å². The van der Waals surface area contributed by atoms with Gasteiger partial charge in [0.2, 0.25) is 0 Å². The molecule has 0 atom stereocenters. The van der Waals surface area contributed by atoms with E-state index >= 15 is 0 Å². The number of pyridine rings is 1. The van der Waals surface area contributed by atoms with Crippen molar-refractivity contribution in [3.05, 3.63) is 53.6 Å². The van der Waals surface area contributed by atoms with Gasteiger partial charge >= 0.3 is 12.2 Å². The highest BCUT2D eigenvalue weighted by Crippen LogP contribution is 2.34. The van der Waals surface area contributed by atoms with Crippen LogP contribution in [0.4, 0.5) is 33.2 Å².